The van der Waals surface area contributed by atoms with Crippen LogP contribution in [0.2, 0.25) is 0 Å². The maximum absolute atomic E-state index is 12.5. The van der Waals surface area contributed by atoms with Crippen LogP contribution in [0.5, 0.6) is 0 Å². The highest BCUT2D eigenvalue weighted by atomic mass is 33.1. The third kappa shape index (κ3) is 4.50. The predicted molar refractivity (Wildman–Crippen MR) is 125 cm³/mol. The van der Waals surface area contributed by atoms with Crippen molar-refractivity contribution in [2.45, 2.75) is 24.3 Å². The highest BCUT2D eigenvalue weighted by molar-refractivity contribution is 8.75. The zero-order chi connectivity index (χ0) is 22.5. The molecule has 0 radical (unpaired) electrons. The third-order valence-corrected chi connectivity index (χ3v) is 7.34. The average Bonchev–Trinajstić information content (AvgIpc) is 2.83. The second-order valence-electron chi connectivity index (χ2n) is 6.95. The summed E-state index contributed by atoms with van der Waals surface area (Å²) in [5.41, 5.74) is 1.72. The Kier molecular flexibility index (Phi) is 7.09. The van der Waals surface area contributed by atoms with E-state index >= 15 is 0 Å². The number of benzene rings is 2. The summed E-state index contributed by atoms with van der Waals surface area (Å²) in [4.78, 5) is 24.9. The first-order valence-electron chi connectivity index (χ1n) is 9.83. The van der Waals surface area contributed by atoms with Gasteiger partial charge in [-0.2, -0.15) is 0 Å². The van der Waals surface area contributed by atoms with Gasteiger partial charge in [0, 0.05) is 47.3 Å². The lowest BCUT2D eigenvalue weighted by atomic mass is 10.0. The van der Waals surface area contributed by atoms with Crippen LogP contribution in [0, 0.1) is 23.7 Å². The van der Waals surface area contributed by atoms with E-state index in [1.165, 1.54) is 22.8 Å². The predicted octanol–water partition coefficient (Wildman–Crippen LogP) is 2.75. The van der Waals surface area contributed by atoms with E-state index in [4.69, 9.17) is 9.47 Å². The standard InChI is InChI=1S/C24H20N2O4S2/c1-29-21-19(15-13-17-9-5-3-6-10-17)25(23(21)27)31-32-26-20(22(30-2)24(26)28)16-14-18-11-7-4-8-12-18/h3-12,19-22H,1-2H3/t19-,20+,21+,22-. The minimum Gasteiger partial charge on any atom is -0.368 e. The van der Waals surface area contributed by atoms with Gasteiger partial charge in [0.1, 0.15) is 12.1 Å². The van der Waals surface area contributed by atoms with Gasteiger partial charge in [0.2, 0.25) is 0 Å². The van der Waals surface area contributed by atoms with Gasteiger partial charge in [-0.1, -0.05) is 60.1 Å². The zero-order valence-corrected chi connectivity index (χ0v) is 19.1. The SMILES string of the molecule is CO[C@@H]1C(=O)N(SSN2C(=O)[C@H](OC)[C@@H]2C#Cc2ccccc2)[C@@H]1C#Cc1ccccc1. The molecular formula is C24H20N2O4S2. The largest absolute Gasteiger partial charge is 0.368 e. The van der Waals surface area contributed by atoms with E-state index in [9.17, 15) is 9.59 Å². The van der Waals surface area contributed by atoms with Gasteiger partial charge in [-0.05, 0) is 24.3 Å². The van der Waals surface area contributed by atoms with Crippen LogP contribution in [0.4, 0.5) is 0 Å². The normalized spacial score (nSPS) is 23.9. The lowest BCUT2D eigenvalue weighted by Gasteiger charge is -2.45. The summed E-state index contributed by atoms with van der Waals surface area (Å²) in [6.07, 6.45) is -1.24. The highest BCUT2D eigenvalue weighted by Crippen LogP contribution is 2.43. The van der Waals surface area contributed by atoms with E-state index in [0.29, 0.717) is 0 Å². The number of amides is 2. The first-order chi connectivity index (χ1) is 15.6. The van der Waals surface area contributed by atoms with Crippen molar-refractivity contribution in [3.8, 4) is 23.7 Å². The minimum absolute atomic E-state index is 0.180. The van der Waals surface area contributed by atoms with Gasteiger partial charge in [0.25, 0.3) is 11.8 Å². The number of carbonyl (C=O) groups is 2. The van der Waals surface area contributed by atoms with Crippen molar-refractivity contribution < 1.29 is 19.1 Å². The molecule has 0 spiro atoms. The average molecular weight is 465 g/mol. The van der Waals surface area contributed by atoms with Crippen molar-refractivity contribution in [2.75, 3.05) is 14.2 Å². The molecule has 162 valence electrons. The number of carbonyl (C=O) groups excluding carboxylic acids is 2. The lowest BCUT2D eigenvalue weighted by Crippen LogP contribution is -2.63. The molecule has 2 fully saturated rings. The van der Waals surface area contributed by atoms with Crippen molar-refractivity contribution in [1.82, 2.24) is 8.61 Å². The monoisotopic (exact) mass is 464 g/mol. The molecule has 0 saturated carbocycles. The molecular weight excluding hydrogens is 444 g/mol. The highest BCUT2D eigenvalue weighted by Gasteiger charge is 2.52. The van der Waals surface area contributed by atoms with E-state index in [1.807, 2.05) is 60.7 Å². The van der Waals surface area contributed by atoms with E-state index in [1.54, 1.807) is 0 Å². The first-order valence-corrected chi connectivity index (χ1v) is 11.9. The number of hydrogen-bond acceptors (Lipinski definition) is 6. The topological polar surface area (TPSA) is 59.1 Å². The molecule has 2 saturated heterocycles. The van der Waals surface area contributed by atoms with Crippen LogP contribution in [-0.4, -0.2) is 58.9 Å². The Hall–Kier alpha value is -2.88. The number of rotatable bonds is 5. The molecule has 32 heavy (non-hydrogen) atoms. The molecule has 2 aliphatic rings. The van der Waals surface area contributed by atoms with E-state index in [2.05, 4.69) is 23.7 Å². The number of hydrogen-bond donors (Lipinski definition) is 0. The van der Waals surface area contributed by atoms with Crippen LogP contribution < -0.4 is 0 Å². The molecule has 4 atom stereocenters. The smallest absolute Gasteiger partial charge is 0.266 e. The van der Waals surface area contributed by atoms with Gasteiger partial charge in [0.15, 0.2) is 12.2 Å². The van der Waals surface area contributed by atoms with Gasteiger partial charge < -0.3 is 9.47 Å². The Labute approximate surface area is 195 Å². The molecule has 0 N–H and O–H groups in total. The Morgan fingerprint density at radius 1 is 0.688 bits per heavy atom. The fraction of sp³-hybridized carbons (Fsp3) is 0.250. The van der Waals surface area contributed by atoms with Crippen molar-refractivity contribution in [1.29, 1.82) is 0 Å². The molecule has 0 unspecified atom stereocenters. The maximum atomic E-state index is 12.5. The molecule has 8 heteroatoms. The van der Waals surface area contributed by atoms with Crippen molar-refractivity contribution >= 4 is 33.8 Å². The Balaban J connectivity index is 1.43. The van der Waals surface area contributed by atoms with E-state index in [0.717, 1.165) is 33.1 Å². The number of nitrogens with zero attached hydrogens (tertiary/aromatic N) is 2. The molecule has 2 amide bonds. The van der Waals surface area contributed by atoms with Crippen LogP contribution >= 0.6 is 22.0 Å². The van der Waals surface area contributed by atoms with Crippen molar-refractivity contribution in [2.24, 2.45) is 0 Å². The van der Waals surface area contributed by atoms with Crippen molar-refractivity contribution in [3.05, 3.63) is 71.8 Å². The Morgan fingerprint density at radius 3 is 1.41 bits per heavy atom. The molecule has 2 aromatic carbocycles. The molecule has 6 nitrogen and oxygen atoms in total. The summed E-state index contributed by atoms with van der Waals surface area (Å²) in [5.74, 6) is 12.0. The molecule has 2 heterocycles. The summed E-state index contributed by atoms with van der Waals surface area (Å²) in [7, 11) is 5.30. The summed E-state index contributed by atoms with van der Waals surface area (Å²) >= 11 is 0. The first kappa shape index (κ1) is 22.3. The zero-order valence-electron chi connectivity index (χ0n) is 17.4. The van der Waals surface area contributed by atoms with Crippen LogP contribution in [0.3, 0.4) is 0 Å². The number of β-lactam (4-membered cyclic amide) rings is 2. The second kappa shape index (κ2) is 10.2. The lowest BCUT2D eigenvalue weighted by molar-refractivity contribution is -0.154. The molecule has 0 aliphatic carbocycles. The van der Waals surface area contributed by atoms with Crippen LogP contribution in [0.25, 0.3) is 0 Å². The van der Waals surface area contributed by atoms with Gasteiger partial charge >= 0.3 is 0 Å². The van der Waals surface area contributed by atoms with Gasteiger partial charge in [-0.25, -0.2) is 0 Å². The van der Waals surface area contributed by atoms with Crippen molar-refractivity contribution in [3.63, 3.8) is 0 Å². The number of methoxy groups -OCH3 is 2. The van der Waals surface area contributed by atoms with Gasteiger partial charge in [-0.15, -0.1) is 0 Å². The summed E-state index contributed by atoms with van der Waals surface area (Å²) in [6, 6.07) is 18.3. The summed E-state index contributed by atoms with van der Waals surface area (Å²) in [6.45, 7) is 0. The van der Waals surface area contributed by atoms with Crippen LogP contribution in [0.1, 0.15) is 11.1 Å². The van der Waals surface area contributed by atoms with Crippen LogP contribution in [0.15, 0.2) is 60.7 Å². The third-order valence-electron chi connectivity index (χ3n) is 4.98. The van der Waals surface area contributed by atoms with Gasteiger partial charge in [0.05, 0.1) is 0 Å². The molecule has 0 aromatic heterocycles. The molecule has 2 aliphatic heterocycles. The fourth-order valence-electron chi connectivity index (χ4n) is 3.20. The molecule has 4 rings (SSSR count). The van der Waals surface area contributed by atoms with Gasteiger partial charge in [-0.3, -0.25) is 18.2 Å². The van der Waals surface area contributed by atoms with E-state index < -0.39 is 24.3 Å². The molecule has 0 bridgehead atoms. The second-order valence-corrected chi connectivity index (χ2v) is 8.93. The Bertz CT molecular complexity index is 1020. The minimum atomic E-state index is -0.619. The van der Waals surface area contributed by atoms with Crippen LogP contribution in [-0.2, 0) is 19.1 Å². The Morgan fingerprint density at radius 2 is 1.06 bits per heavy atom. The fourth-order valence-corrected chi connectivity index (χ4v) is 5.64. The summed E-state index contributed by atoms with van der Waals surface area (Å²) in [5, 5.41) is 0. The quantitative estimate of drug-likeness (QED) is 0.294. The summed E-state index contributed by atoms with van der Waals surface area (Å²) < 4.78 is 13.7. The molecule has 2 aromatic rings. The number of ether oxygens (including phenoxy) is 2. The maximum Gasteiger partial charge on any atom is 0.266 e. The van der Waals surface area contributed by atoms with E-state index in [-0.39, 0.29) is 11.8 Å².